The van der Waals surface area contributed by atoms with Gasteiger partial charge in [-0.3, -0.25) is 0 Å². The SMILES string of the molecule is CCC12CC[C@@H]3c4ccc(OC)cc4C(C)C[C@H]3[C@@H]1CCC21OCCO1. The Kier molecular flexibility index (Phi) is 3.92. The summed E-state index contributed by atoms with van der Waals surface area (Å²) < 4.78 is 18.2. The van der Waals surface area contributed by atoms with E-state index < -0.39 is 0 Å². The van der Waals surface area contributed by atoms with Crippen molar-refractivity contribution < 1.29 is 14.2 Å². The van der Waals surface area contributed by atoms with Crippen LogP contribution < -0.4 is 4.74 Å². The first-order valence-corrected chi connectivity index (χ1v) is 10.6. The van der Waals surface area contributed by atoms with Crippen LogP contribution in [0.2, 0.25) is 0 Å². The highest BCUT2D eigenvalue weighted by Gasteiger charge is 2.66. The second kappa shape index (κ2) is 5.97. The zero-order chi connectivity index (χ0) is 17.9. The van der Waals surface area contributed by atoms with Gasteiger partial charge in [0.1, 0.15) is 5.75 Å². The minimum Gasteiger partial charge on any atom is -0.497 e. The van der Waals surface area contributed by atoms with E-state index in [1.807, 2.05) is 0 Å². The molecule has 5 rings (SSSR count). The average molecular weight is 357 g/mol. The fraction of sp³-hybridized carbons (Fsp3) is 0.739. The van der Waals surface area contributed by atoms with Crippen molar-refractivity contribution in [2.45, 2.75) is 70.0 Å². The zero-order valence-corrected chi connectivity index (χ0v) is 16.4. The summed E-state index contributed by atoms with van der Waals surface area (Å²) in [6, 6.07) is 6.81. The number of hydrogen-bond acceptors (Lipinski definition) is 3. The van der Waals surface area contributed by atoms with Crippen LogP contribution in [0.1, 0.15) is 75.3 Å². The van der Waals surface area contributed by atoms with Gasteiger partial charge >= 0.3 is 0 Å². The van der Waals surface area contributed by atoms with Crippen molar-refractivity contribution in [1.82, 2.24) is 0 Å². The maximum absolute atomic E-state index is 6.33. The van der Waals surface area contributed by atoms with Crippen LogP contribution in [0, 0.1) is 17.3 Å². The van der Waals surface area contributed by atoms with E-state index in [2.05, 4.69) is 32.0 Å². The third-order valence-corrected chi connectivity index (χ3v) is 8.42. The van der Waals surface area contributed by atoms with Crippen molar-refractivity contribution in [2.24, 2.45) is 17.3 Å². The van der Waals surface area contributed by atoms with E-state index in [4.69, 9.17) is 14.2 Å². The molecule has 0 bridgehead atoms. The van der Waals surface area contributed by atoms with Crippen molar-refractivity contribution in [3.05, 3.63) is 29.3 Å². The molecular weight excluding hydrogens is 324 g/mol. The maximum atomic E-state index is 6.33. The molecule has 0 N–H and O–H groups in total. The molecule has 1 saturated heterocycles. The number of ether oxygens (including phenoxy) is 3. The predicted octanol–water partition coefficient (Wildman–Crippen LogP) is 5.25. The molecule has 1 aromatic carbocycles. The Hall–Kier alpha value is -1.06. The first-order valence-electron chi connectivity index (χ1n) is 10.6. The van der Waals surface area contributed by atoms with Crippen LogP contribution >= 0.6 is 0 Å². The first-order chi connectivity index (χ1) is 12.6. The fourth-order valence-electron chi connectivity index (χ4n) is 7.35. The number of rotatable bonds is 2. The molecule has 3 heteroatoms. The van der Waals surface area contributed by atoms with Gasteiger partial charge in [0.05, 0.1) is 20.3 Å². The molecule has 1 aliphatic heterocycles. The molecule has 26 heavy (non-hydrogen) atoms. The molecule has 2 saturated carbocycles. The Morgan fingerprint density at radius 3 is 2.65 bits per heavy atom. The fourth-order valence-corrected chi connectivity index (χ4v) is 7.35. The molecule has 3 nitrogen and oxygen atoms in total. The summed E-state index contributed by atoms with van der Waals surface area (Å²) in [5.74, 6) is 3.54. The van der Waals surface area contributed by atoms with Gasteiger partial charge in [0.15, 0.2) is 5.79 Å². The molecule has 1 heterocycles. The van der Waals surface area contributed by atoms with Gasteiger partial charge in [0, 0.05) is 11.8 Å². The van der Waals surface area contributed by atoms with Crippen LogP contribution in [-0.2, 0) is 9.47 Å². The summed E-state index contributed by atoms with van der Waals surface area (Å²) >= 11 is 0. The van der Waals surface area contributed by atoms with Crippen LogP contribution in [0.15, 0.2) is 18.2 Å². The van der Waals surface area contributed by atoms with Gasteiger partial charge in [-0.15, -0.1) is 0 Å². The Balaban J connectivity index is 1.54. The lowest BCUT2D eigenvalue weighted by molar-refractivity contribution is -0.244. The van der Waals surface area contributed by atoms with E-state index >= 15 is 0 Å². The molecule has 5 atom stereocenters. The van der Waals surface area contributed by atoms with Crippen molar-refractivity contribution in [2.75, 3.05) is 20.3 Å². The highest BCUT2D eigenvalue weighted by Crippen LogP contribution is 2.68. The summed E-state index contributed by atoms with van der Waals surface area (Å²) in [6.07, 6.45) is 7.37. The standard InChI is InChI=1S/C23H32O3/c1-4-22-9-7-18-17-6-5-16(24-3)14-19(17)15(2)13-20(18)21(22)8-10-23(22)25-11-12-26-23/h5-6,14-15,18,20-21H,4,7-13H2,1-3H3/t15?,18-,20-,21+,22?/m1/s1. The Labute approximate surface area is 157 Å². The molecule has 4 aliphatic rings. The minimum absolute atomic E-state index is 0.231. The van der Waals surface area contributed by atoms with Gasteiger partial charge < -0.3 is 14.2 Å². The summed E-state index contributed by atoms with van der Waals surface area (Å²) in [6.45, 7) is 6.34. The second-order valence-electron chi connectivity index (χ2n) is 9.05. The smallest absolute Gasteiger partial charge is 0.174 e. The Morgan fingerprint density at radius 2 is 1.92 bits per heavy atom. The molecule has 1 aromatic rings. The summed E-state index contributed by atoms with van der Waals surface area (Å²) in [7, 11) is 1.77. The summed E-state index contributed by atoms with van der Waals surface area (Å²) in [5.41, 5.74) is 3.35. The number of methoxy groups -OCH3 is 1. The quantitative estimate of drug-likeness (QED) is 0.725. The van der Waals surface area contributed by atoms with E-state index in [9.17, 15) is 0 Å². The average Bonchev–Trinajstić information content (AvgIpc) is 3.28. The maximum Gasteiger partial charge on any atom is 0.174 e. The van der Waals surface area contributed by atoms with E-state index in [1.165, 1.54) is 37.7 Å². The molecule has 0 radical (unpaired) electrons. The molecule has 0 aromatic heterocycles. The normalized spacial score (nSPS) is 40.1. The monoisotopic (exact) mass is 356 g/mol. The summed E-state index contributed by atoms with van der Waals surface area (Å²) in [5, 5.41) is 0. The third-order valence-electron chi connectivity index (χ3n) is 8.42. The third kappa shape index (κ3) is 2.08. The van der Waals surface area contributed by atoms with Crippen molar-refractivity contribution >= 4 is 0 Å². The lowest BCUT2D eigenvalue weighted by Gasteiger charge is -2.55. The number of benzene rings is 1. The first kappa shape index (κ1) is 17.1. The van der Waals surface area contributed by atoms with Gasteiger partial charge in [0.25, 0.3) is 0 Å². The highest BCUT2D eigenvalue weighted by atomic mass is 16.7. The van der Waals surface area contributed by atoms with Gasteiger partial charge in [-0.1, -0.05) is 19.9 Å². The zero-order valence-electron chi connectivity index (χ0n) is 16.4. The van der Waals surface area contributed by atoms with E-state index in [0.29, 0.717) is 11.8 Å². The number of hydrogen-bond donors (Lipinski definition) is 0. The topological polar surface area (TPSA) is 27.7 Å². The van der Waals surface area contributed by atoms with Crippen molar-refractivity contribution in [1.29, 1.82) is 0 Å². The van der Waals surface area contributed by atoms with Crippen LogP contribution in [0.3, 0.4) is 0 Å². The molecular formula is C23H32O3. The highest BCUT2D eigenvalue weighted by molar-refractivity contribution is 5.43. The minimum atomic E-state index is -0.277. The molecule has 1 spiro atoms. The molecule has 3 aliphatic carbocycles. The molecule has 142 valence electrons. The van der Waals surface area contributed by atoms with Gasteiger partial charge in [-0.25, -0.2) is 0 Å². The van der Waals surface area contributed by atoms with Gasteiger partial charge in [-0.05, 0) is 79.0 Å². The Morgan fingerprint density at radius 1 is 1.12 bits per heavy atom. The van der Waals surface area contributed by atoms with Crippen LogP contribution in [0.5, 0.6) is 5.75 Å². The molecule has 3 fully saturated rings. The Bertz CT molecular complexity index is 693. The van der Waals surface area contributed by atoms with E-state index in [1.54, 1.807) is 12.7 Å². The molecule has 0 amide bonds. The van der Waals surface area contributed by atoms with Crippen LogP contribution in [0.25, 0.3) is 0 Å². The van der Waals surface area contributed by atoms with Gasteiger partial charge in [0.2, 0.25) is 0 Å². The van der Waals surface area contributed by atoms with Gasteiger partial charge in [-0.2, -0.15) is 0 Å². The van der Waals surface area contributed by atoms with Crippen molar-refractivity contribution in [3.63, 3.8) is 0 Å². The predicted molar refractivity (Wildman–Crippen MR) is 102 cm³/mol. The molecule has 2 unspecified atom stereocenters. The largest absolute Gasteiger partial charge is 0.497 e. The number of fused-ring (bicyclic) bond motifs is 6. The van der Waals surface area contributed by atoms with E-state index in [0.717, 1.165) is 37.2 Å². The lowest BCUT2D eigenvalue weighted by Crippen LogP contribution is -2.53. The second-order valence-corrected chi connectivity index (χ2v) is 9.05. The lowest BCUT2D eigenvalue weighted by atomic mass is 9.52. The van der Waals surface area contributed by atoms with Crippen LogP contribution in [-0.4, -0.2) is 26.1 Å². The van der Waals surface area contributed by atoms with E-state index in [-0.39, 0.29) is 11.2 Å². The van der Waals surface area contributed by atoms with Crippen molar-refractivity contribution in [3.8, 4) is 5.75 Å². The van der Waals surface area contributed by atoms with Crippen LogP contribution in [0.4, 0.5) is 0 Å². The summed E-state index contributed by atoms with van der Waals surface area (Å²) in [4.78, 5) is 0.